The summed E-state index contributed by atoms with van der Waals surface area (Å²) >= 11 is 1.43. The number of carboxylic acid groups (broad SMARTS) is 1. The van der Waals surface area contributed by atoms with Crippen molar-refractivity contribution in [1.82, 2.24) is 9.80 Å². The van der Waals surface area contributed by atoms with Gasteiger partial charge in [-0.05, 0) is 18.4 Å². The molecule has 2 heterocycles. The van der Waals surface area contributed by atoms with Crippen LogP contribution in [0.3, 0.4) is 0 Å². The molecule has 1 N–H and O–H groups in total. The molecule has 0 unspecified atom stereocenters. The molecule has 0 bridgehead atoms. The van der Waals surface area contributed by atoms with E-state index >= 15 is 0 Å². The second-order valence-corrected chi connectivity index (χ2v) is 5.70. The Morgan fingerprint density at radius 3 is 2.89 bits per heavy atom. The number of fused-ring (bicyclic) bond motifs is 1. The smallest absolute Gasteiger partial charge is 0.336 e. The van der Waals surface area contributed by atoms with Crippen LogP contribution in [0.2, 0.25) is 0 Å². The fourth-order valence-electron chi connectivity index (χ4n) is 2.34. The average Bonchev–Trinajstić information content (AvgIpc) is 2.80. The summed E-state index contributed by atoms with van der Waals surface area (Å²) in [6.07, 6.45) is 1.57. The average molecular weight is 282 g/mol. The minimum Gasteiger partial charge on any atom is -0.478 e. The van der Waals surface area contributed by atoms with E-state index in [0.717, 1.165) is 23.4 Å². The first-order valence-corrected chi connectivity index (χ1v) is 7.25. The molecule has 0 atom stereocenters. The lowest BCUT2D eigenvalue weighted by atomic mass is 10.0. The van der Waals surface area contributed by atoms with Crippen LogP contribution in [0, 0.1) is 0 Å². The molecular weight excluding hydrogens is 264 g/mol. The van der Waals surface area contributed by atoms with Crippen LogP contribution in [0.4, 0.5) is 4.79 Å². The number of carbonyl (C=O) groups excluding carboxylic acids is 1. The van der Waals surface area contributed by atoms with Crippen molar-refractivity contribution in [2.75, 3.05) is 20.1 Å². The van der Waals surface area contributed by atoms with Crippen LogP contribution in [0.15, 0.2) is 5.38 Å². The van der Waals surface area contributed by atoms with Crippen LogP contribution in [0.5, 0.6) is 0 Å². The van der Waals surface area contributed by atoms with E-state index in [2.05, 4.69) is 0 Å². The van der Waals surface area contributed by atoms with Crippen molar-refractivity contribution in [3.05, 3.63) is 21.4 Å². The summed E-state index contributed by atoms with van der Waals surface area (Å²) < 4.78 is 0. The van der Waals surface area contributed by atoms with E-state index in [1.165, 1.54) is 11.3 Å². The molecule has 19 heavy (non-hydrogen) atoms. The molecule has 0 saturated heterocycles. The van der Waals surface area contributed by atoms with Crippen molar-refractivity contribution in [1.29, 1.82) is 0 Å². The summed E-state index contributed by atoms with van der Waals surface area (Å²) in [5.74, 6) is -0.875. The van der Waals surface area contributed by atoms with Crippen LogP contribution in [0.1, 0.15) is 34.1 Å². The number of hydrogen-bond donors (Lipinski definition) is 1. The molecule has 2 rings (SSSR count). The summed E-state index contributed by atoms with van der Waals surface area (Å²) in [6.45, 7) is 3.90. The molecule has 0 fully saturated rings. The minimum absolute atomic E-state index is 0.0257. The molecule has 1 aromatic rings. The van der Waals surface area contributed by atoms with Gasteiger partial charge in [0.1, 0.15) is 0 Å². The highest BCUT2D eigenvalue weighted by Crippen LogP contribution is 2.29. The zero-order chi connectivity index (χ0) is 14.0. The Morgan fingerprint density at radius 2 is 2.26 bits per heavy atom. The molecule has 0 aliphatic carbocycles. The number of urea groups is 1. The Labute approximate surface area is 116 Å². The normalized spacial score (nSPS) is 14.1. The number of rotatable bonds is 3. The Bertz CT molecular complexity index is 498. The molecule has 1 aliphatic heterocycles. The SMILES string of the molecule is CCCN(C)C(=O)N1CCc2c(C(=O)O)csc2C1. The first-order valence-electron chi connectivity index (χ1n) is 6.37. The van der Waals surface area contributed by atoms with Gasteiger partial charge in [-0.1, -0.05) is 6.92 Å². The number of hydrogen-bond acceptors (Lipinski definition) is 3. The summed E-state index contributed by atoms with van der Waals surface area (Å²) in [5, 5.41) is 10.8. The Balaban J connectivity index is 2.10. The molecule has 2 amide bonds. The molecule has 104 valence electrons. The number of amides is 2. The number of nitrogens with zero attached hydrogens (tertiary/aromatic N) is 2. The fraction of sp³-hybridized carbons (Fsp3) is 0.538. The highest BCUT2D eigenvalue weighted by atomic mass is 32.1. The Kier molecular flexibility index (Phi) is 4.09. The van der Waals surface area contributed by atoms with Gasteiger partial charge in [0.25, 0.3) is 0 Å². The number of thiophene rings is 1. The Morgan fingerprint density at radius 1 is 1.53 bits per heavy atom. The van der Waals surface area contributed by atoms with Crippen molar-refractivity contribution in [2.45, 2.75) is 26.3 Å². The monoisotopic (exact) mass is 282 g/mol. The van der Waals surface area contributed by atoms with Crippen molar-refractivity contribution in [3.8, 4) is 0 Å². The summed E-state index contributed by atoms with van der Waals surface area (Å²) in [5.41, 5.74) is 1.30. The molecule has 0 radical (unpaired) electrons. The maximum absolute atomic E-state index is 12.2. The van der Waals surface area contributed by atoms with E-state index < -0.39 is 5.97 Å². The van der Waals surface area contributed by atoms with Crippen LogP contribution < -0.4 is 0 Å². The second kappa shape index (κ2) is 5.61. The molecule has 1 aromatic heterocycles. The highest BCUT2D eigenvalue weighted by Gasteiger charge is 2.27. The van der Waals surface area contributed by atoms with Gasteiger partial charge in [-0.2, -0.15) is 0 Å². The largest absolute Gasteiger partial charge is 0.478 e. The van der Waals surface area contributed by atoms with E-state index in [1.807, 2.05) is 6.92 Å². The number of carbonyl (C=O) groups is 2. The first-order chi connectivity index (χ1) is 9.04. The third kappa shape index (κ3) is 2.73. The fourth-order valence-corrected chi connectivity index (χ4v) is 3.43. The maximum Gasteiger partial charge on any atom is 0.336 e. The van der Waals surface area contributed by atoms with Gasteiger partial charge in [-0.15, -0.1) is 11.3 Å². The zero-order valence-corrected chi connectivity index (χ0v) is 12.0. The molecule has 6 heteroatoms. The quantitative estimate of drug-likeness (QED) is 0.925. The standard InChI is InChI=1S/C13H18N2O3S/c1-3-5-14(2)13(18)15-6-4-9-10(12(16)17)8-19-11(9)7-15/h8H,3-7H2,1-2H3,(H,16,17). The van der Waals surface area contributed by atoms with Crippen molar-refractivity contribution in [3.63, 3.8) is 0 Å². The predicted molar refractivity (Wildman–Crippen MR) is 73.7 cm³/mol. The lowest BCUT2D eigenvalue weighted by molar-refractivity contribution is 0.0696. The topological polar surface area (TPSA) is 60.9 Å². The van der Waals surface area contributed by atoms with Gasteiger partial charge in [-0.25, -0.2) is 9.59 Å². The van der Waals surface area contributed by atoms with E-state index in [1.54, 1.807) is 22.2 Å². The van der Waals surface area contributed by atoms with E-state index in [0.29, 0.717) is 25.1 Å². The molecule has 0 spiro atoms. The van der Waals surface area contributed by atoms with Gasteiger partial charge in [0.2, 0.25) is 0 Å². The van der Waals surface area contributed by atoms with E-state index in [9.17, 15) is 9.59 Å². The van der Waals surface area contributed by atoms with E-state index in [4.69, 9.17) is 5.11 Å². The lowest BCUT2D eigenvalue weighted by Crippen LogP contribution is -2.43. The third-order valence-electron chi connectivity index (χ3n) is 3.33. The van der Waals surface area contributed by atoms with Gasteiger partial charge < -0.3 is 14.9 Å². The summed E-state index contributed by atoms with van der Waals surface area (Å²) in [4.78, 5) is 27.8. The van der Waals surface area contributed by atoms with Gasteiger partial charge in [0.05, 0.1) is 12.1 Å². The number of carboxylic acids is 1. The van der Waals surface area contributed by atoms with Crippen LogP contribution in [0.25, 0.3) is 0 Å². The van der Waals surface area contributed by atoms with Crippen LogP contribution in [-0.2, 0) is 13.0 Å². The Hall–Kier alpha value is -1.56. The lowest BCUT2D eigenvalue weighted by Gasteiger charge is -2.31. The molecule has 0 saturated carbocycles. The third-order valence-corrected chi connectivity index (χ3v) is 4.35. The maximum atomic E-state index is 12.2. The highest BCUT2D eigenvalue weighted by molar-refractivity contribution is 7.10. The molecule has 5 nitrogen and oxygen atoms in total. The van der Waals surface area contributed by atoms with Gasteiger partial charge >= 0.3 is 12.0 Å². The van der Waals surface area contributed by atoms with Crippen LogP contribution in [-0.4, -0.2) is 47.0 Å². The van der Waals surface area contributed by atoms with Crippen molar-refractivity contribution < 1.29 is 14.7 Å². The molecular formula is C13H18N2O3S. The second-order valence-electron chi connectivity index (χ2n) is 4.73. The summed E-state index contributed by atoms with van der Waals surface area (Å²) in [7, 11) is 1.80. The first kappa shape index (κ1) is 13.9. The van der Waals surface area contributed by atoms with Crippen molar-refractivity contribution in [2.24, 2.45) is 0 Å². The molecule has 1 aliphatic rings. The zero-order valence-electron chi connectivity index (χ0n) is 11.2. The predicted octanol–water partition coefficient (Wildman–Crippen LogP) is 2.27. The summed E-state index contributed by atoms with van der Waals surface area (Å²) in [6, 6.07) is 0.0257. The van der Waals surface area contributed by atoms with Gasteiger partial charge in [0.15, 0.2) is 0 Å². The molecule has 0 aromatic carbocycles. The number of aromatic carboxylic acids is 1. The van der Waals surface area contributed by atoms with Gasteiger partial charge in [-0.3, -0.25) is 0 Å². The van der Waals surface area contributed by atoms with Crippen LogP contribution >= 0.6 is 11.3 Å². The van der Waals surface area contributed by atoms with Gasteiger partial charge in [0, 0.05) is 30.4 Å². The van der Waals surface area contributed by atoms with Crippen molar-refractivity contribution >= 4 is 23.3 Å². The minimum atomic E-state index is -0.875. The van der Waals surface area contributed by atoms with E-state index in [-0.39, 0.29) is 6.03 Å².